The van der Waals surface area contributed by atoms with E-state index in [2.05, 4.69) is 0 Å². The van der Waals surface area contributed by atoms with E-state index >= 15 is 0 Å². The molecule has 0 aliphatic rings. The number of halogens is 4. The van der Waals surface area contributed by atoms with Gasteiger partial charge in [0.05, 0.1) is 11.1 Å². The van der Waals surface area contributed by atoms with Crippen molar-refractivity contribution in [3.8, 4) is 0 Å². The first kappa shape index (κ1) is 13.3. The highest BCUT2D eigenvalue weighted by Crippen LogP contribution is 2.30. The molecule has 0 radical (unpaired) electrons. The third-order valence-electron chi connectivity index (χ3n) is 2.61. The average Bonchev–Trinajstić information content (AvgIpc) is 2.32. The topological polar surface area (TPSA) is 26.0 Å². The summed E-state index contributed by atoms with van der Waals surface area (Å²) in [6, 6.07) is 7.52. The van der Waals surface area contributed by atoms with Crippen molar-refractivity contribution in [2.75, 3.05) is 0 Å². The van der Waals surface area contributed by atoms with E-state index in [0.29, 0.717) is 5.56 Å². The van der Waals surface area contributed by atoms with Gasteiger partial charge in [-0.25, -0.2) is 8.78 Å². The van der Waals surface area contributed by atoms with Gasteiger partial charge >= 0.3 is 0 Å². The molecule has 18 heavy (non-hydrogen) atoms. The summed E-state index contributed by atoms with van der Waals surface area (Å²) in [7, 11) is 0. The normalized spacial score (nSPS) is 12.5. The van der Waals surface area contributed by atoms with Gasteiger partial charge in [0.1, 0.15) is 11.6 Å². The van der Waals surface area contributed by atoms with E-state index in [1.165, 1.54) is 30.3 Å². The Morgan fingerprint density at radius 1 is 0.944 bits per heavy atom. The molecule has 0 heterocycles. The van der Waals surface area contributed by atoms with E-state index in [0.717, 1.165) is 0 Å². The molecule has 2 aromatic carbocycles. The molecular formula is C13H9Cl2F2N. The third kappa shape index (κ3) is 2.48. The van der Waals surface area contributed by atoms with Gasteiger partial charge in [-0.1, -0.05) is 35.3 Å². The monoisotopic (exact) mass is 287 g/mol. The van der Waals surface area contributed by atoms with Gasteiger partial charge in [0.15, 0.2) is 0 Å². The van der Waals surface area contributed by atoms with E-state index in [1.54, 1.807) is 6.07 Å². The van der Waals surface area contributed by atoms with Crippen LogP contribution in [0.25, 0.3) is 0 Å². The van der Waals surface area contributed by atoms with Crippen LogP contribution in [0.15, 0.2) is 36.4 Å². The molecule has 0 aliphatic carbocycles. The smallest absolute Gasteiger partial charge is 0.141 e. The first-order valence-electron chi connectivity index (χ1n) is 5.15. The predicted molar refractivity (Wildman–Crippen MR) is 68.9 cm³/mol. The lowest BCUT2D eigenvalue weighted by Crippen LogP contribution is -2.14. The van der Waals surface area contributed by atoms with E-state index in [9.17, 15) is 8.78 Å². The SMILES string of the molecule is NC(c1ccc(F)c(Cl)c1)c1c(F)cccc1Cl. The van der Waals surface area contributed by atoms with Crippen LogP contribution in [0.3, 0.4) is 0 Å². The van der Waals surface area contributed by atoms with E-state index in [1.807, 2.05) is 0 Å². The Bertz CT molecular complexity index is 567. The minimum Gasteiger partial charge on any atom is -0.320 e. The van der Waals surface area contributed by atoms with E-state index in [-0.39, 0.29) is 15.6 Å². The molecule has 0 fully saturated rings. The summed E-state index contributed by atoms with van der Waals surface area (Å²) in [4.78, 5) is 0. The Morgan fingerprint density at radius 3 is 2.28 bits per heavy atom. The summed E-state index contributed by atoms with van der Waals surface area (Å²) in [5.74, 6) is -1.05. The van der Waals surface area contributed by atoms with Crippen molar-refractivity contribution in [1.29, 1.82) is 0 Å². The Balaban J connectivity index is 2.48. The quantitative estimate of drug-likeness (QED) is 0.875. The highest BCUT2D eigenvalue weighted by atomic mass is 35.5. The molecule has 94 valence electrons. The zero-order chi connectivity index (χ0) is 13.3. The van der Waals surface area contributed by atoms with Crippen LogP contribution < -0.4 is 5.73 Å². The molecule has 1 atom stereocenters. The lowest BCUT2D eigenvalue weighted by molar-refractivity contribution is 0.599. The van der Waals surface area contributed by atoms with Gasteiger partial charge < -0.3 is 5.73 Å². The third-order valence-corrected chi connectivity index (χ3v) is 3.23. The fourth-order valence-corrected chi connectivity index (χ4v) is 2.15. The van der Waals surface area contributed by atoms with Crippen LogP contribution in [-0.2, 0) is 0 Å². The first-order valence-corrected chi connectivity index (χ1v) is 5.90. The van der Waals surface area contributed by atoms with Crippen LogP contribution in [-0.4, -0.2) is 0 Å². The largest absolute Gasteiger partial charge is 0.320 e. The van der Waals surface area contributed by atoms with Crippen molar-refractivity contribution < 1.29 is 8.78 Å². The maximum absolute atomic E-state index is 13.7. The second-order valence-corrected chi connectivity index (χ2v) is 4.60. The van der Waals surface area contributed by atoms with Gasteiger partial charge in [-0.05, 0) is 29.8 Å². The summed E-state index contributed by atoms with van der Waals surface area (Å²) in [6.07, 6.45) is 0. The van der Waals surface area contributed by atoms with Crippen molar-refractivity contribution in [3.05, 3.63) is 69.2 Å². The summed E-state index contributed by atoms with van der Waals surface area (Å²) in [6.45, 7) is 0. The van der Waals surface area contributed by atoms with Crippen LogP contribution in [0, 0.1) is 11.6 Å². The number of rotatable bonds is 2. The van der Waals surface area contributed by atoms with Crippen LogP contribution in [0.2, 0.25) is 10.0 Å². The van der Waals surface area contributed by atoms with Crippen LogP contribution >= 0.6 is 23.2 Å². The summed E-state index contributed by atoms with van der Waals surface area (Å²) >= 11 is 11.6. The van der Waals surface area contributed by atoms with Crippen LogP contribution in [0.1, 0.15) is 17.2 Å². The number of hydrogen-bond acceptors (Lipinski definition) is 1. The van der Waals surface area contributed by atoms with Crippen molar-refractivity contribution >= 4 is 23.2 Å². The Morgan fingerprint density at radius 2 is 1.67 bits per heavy atom. The van der Waals surface area contributed by atoms with Crippen molar-refractivity contribution in [2.45, 2.75) is 6.04 Å². The molecule has 5 heteroatoms. The van der Waals surface area contributed by atoms with Gasteiger partial charge in [-0.15, -0.1) is 0 Å². The molecule has 2 rings (SSSR count). The Kier molecular flexibility index (Phi) is 3.85. The maximum Gasteiger partial charge on any atom is 0.141 e. The van der Waals surface area contributed by atoms with Crippen LogP contribution in [0.4, 0.5) is 8.78 Å². The lowest BCUT2D eigenvalue weighted by Gasteiger charge is -2.15. The second-order valence-electron chi connectivity index (χ2n) is 3.79. The maximum atomic E-state index is 13.7. The zero-order valence-electron chi connectivity index (χ0n) is 9.13. The van der Waals surface area contributed by atoms with Crippen molar-refractivity contribution in [3.63, 3.8) is 0 Å². The Labute approximate surface area is 113 Å². The van der Waals surface area contributed by atoms with E-state index < -0.39 is 17.7 Å². The number of nitrogens with two attached hydrogens (primary N) is 1. The molecule has 0 aliphatic heterocycles. The van der Waals surface area contributed by atoms with Gasteiger partial charge in [0.25, 0.3) is 0 Å². The molecule has 0 spiro atoms. The van der Waals surface area contributed by atoms with Crippen molar-refractivity contribution in [2.24, 2.45) is 5.73 Å². The number of hydrogen-bond donors (Lipinski definition) is 1. The molecule has 0 bridgehead atoms. The molecule has 0 saturated carbocycles. The fraction of sp³-hybridized carbons (Fsp3) is 0.0769. The molecule has 0 aromatic heterocycles. The minimum absolute atomic E-state index is 0.0598. The van der Waals surface area contributed by atoms with Gasteiger partial charge in [0, 0.05) is 10.6 Å². The van der Waals surface area contributed by atoms with Gasteiger partial charge in [0.2, 0.25) is 0 Å². The molecule has 0 amide bonds. The molecular weight excluding hydrogens is 279 g/mol. The van der Waals surface area contributed by atoms with E-state index in [4.69, 9.17) is 28.9 Å². The zero-order valence-corrected chi connectivity index (χ0v) is 10.6. The lowest BCUT2D eigenvalue weighted by atomic mass is 9.99. The van der Waals surface area contributed by atoms with Crippen molar-refractivity contribution in [1.82, 2.24) is 0 Å². The fourth-order valence-electron chi connectivity index (χ4n) is 1.68. The van der Waals surface area contributed by atoms with Gasteiger partial charge in [-0.3, -0.25) is 0 Å². The highest BCUT2D eigenvalue weighted by molar-refractivity contribution is 6.31. The van der Waals surface area contributed by atoms with Crippen LogP contribution in [0.5, 0.6) is 0 Å². The summed E-state index contributed by atoms with van der Waals surface area (Å²) < 4.78 is 26.7. The molecule has 0 saturated heterocycles. The summed E-state index contributed by atoms with van der Waals surface area (Å²) in [5, 5.41) is 0.165. The first-order chi connectivity index (χ1) is 8.50. The standard InChI is InChI=1S/C13H9Cl2F2N/c14-8-2-1-3-11(17)12(8)13(18)7-4-5-10(16)9(15)6-7/h1-6,13H,18H2. The Hall–Kier alpha value is -1.16. The van der Waals surface area contributed by atoms with Gasteiger partial charge in [-0.2, -0.15) is 0 Å². The minimum atomic E-state index is -0.795. The highest BCUT2D eigenvalue weighted by Gasteiger charge is 2.17. The predicted octanol–water partition coefficient (Wildman–Crippen LogP) is 4.32. The molecule has 2 aromatic rings. The molecule has 1 nitrogen and oxygen atoms in total. The molecule has 1 unspecified atom stereocenters. The summed E-state index contributed by atoms with van der Waals surface area (Å²) in [5.41, 5.74) is 6.59. The average molecular weight is 288 g/mol. The molecule has 2 N–H and O–H groups in total. The number of benzene rings is 2. The second kappa shape index (κ2) is 5.22.